The van der Waals surface area contributed by atoms with Crippen LogP contribution in [0.2, 0.25) is 0 Å². The zero-order valence-electron chi connectivity index (χ0n) is 6.19. The van der Waals surface area contributed by atoms with Gasteiger partial charge >= 0.3 is 0 Å². The molecule has 1 aliphatic rings. The monoisotopic (exact) mass is 126 g/mol. The van der Waals surface area contributed by atoms with Crippen LogP contribution in [0.25, 0.3) is 0 Å². The Morgan fingerprint density at radius 3 is 2.89 bits per heavy atom. The molecule has 0 aromatic heterocycles. The van der Waals surface area contributed by atoms with Crippen molar-refractivity contribution in [2.75, 3.05) is 6.54 Å². The van der Waals surface area contributed by atoms with Crippen molar-refractivity contribution in [1.82, 2.24) is 0 Å². The summed E-state index contributed by atoms with van der Waals surface area (Å²) in [5.74, 6) is 2.48. The van der Waals surface area contributed by atoms with Crippen molar-refractivity contribution < 1.29 is 0 Å². The molecule has 0 aromatic carbocycles. The summed E-state index contributed by atoms with van der Waals surface area (Å²) in [6.45, 7) is 3.14. The van der Waals surface area contributed by atoms with Crippen molar-refractivity contribution in [3.8, 4) is 0 Å². The molecule has 0 spiro atoms. The average Bonchev–Trinajstić information content (AvgIpc) is 1.88. The van der Waals surface area contributed by atoms with Gasteiger partial charge in [0.05, 0.1) is 0 Å². The van der Waals surface area contributed by atoms with E-state index in [1.807, 2.05) is 0 Å². The van der Waals surface area contributed by atoms with E-state index < -0.39 is 0 Å². The maximum atomic E-state index is 5.53. The van der Waals surface area contributed by atoms with Crippen LogP contribution < -0.4 is 5.73 Å². The van der Waals surface area contributed by atoms with Crippen LogP contribution in [0, 0.1) is 11.8 Å². The smallest absolute Gasteiger partial charge is 0.00146 e. The van der Waals surface area contributed by atoms with Crippen LogP contribution in [0.5, 0.6) is 0 Å². The topological polar surface area (TPSA) is 26.0 Å². The zero-order valence-corrected chi connectivity index (χ0v) is 6.19. The summed E-state index contributed by atoms with van der Waals surface area (Å²) in [6, 6.07) is 0. The lowest BCUT2D eigenvalue weighted by atomic mass is 9.83. The van der Waals surface area contributed by atoms with E-state index in [1.165, 1.54) is 25.7 Å². The molecule has 2 N–H and O–H groups in total. The standard InChI is InChI=1S/C8H16N/c1-7-3-2-4-8(5-7)6-9/h7H,2-6,9H2,1H3/t7-/m0/s1. The summed E-state index contributed by atoms with van der Waals surface area (Å²) in [4.78, 5) is 0. The highest BCUT2D eigenvalue weighted by Gasteiger charge is 2.17. The van der Waals surface area contributed by atoms with E-state index in [0.29, 0.717) is 0 Å². The Bertz CT molecular complexity index is 80.6. The van der Waals surface area contributed by atoms with Gasteiger partial charge < -0.3 is 5.73 Å². The van der Waals surface area contributed by atoms with Crippen LogP contribution in [0.1, 0.15) is 32.6 Å². The minimum atomic E-state index is 0.824. The van der Waals surface area contributed by atoms with E-state index in [-0.39, 0.29) is 0 Å². The van der Waals surface area contributed by atoms with Crippen molar-refractivity contribution in [2.24, 2.45) is 11.7 Å². The van der Waals surface area contributed by atoms with Gasteiger partial charge in [0.25, 0.3) is 0 Å². The Kier molecular flexibility index (Phi) is 2.52. The molecule has 0 bridgehead atoms. The third kappa shape index (κ3) is 1.98. The van der Waals surface area contributed by atoms with Gasteiger partial charge in [-0.3, -0.25) is 0 Å². The van der Waals surface area contributed by atoms with Gasteiger partial charge in [-0.15, -0.1) is 0 Å². The molecule has 0 unspecified atom stereocenters. The first-order valence-electron chi connectivity index (χ1n) is 3.86. The fourth-order valence-corrected chi connectivity index (χ4v) is 1.58. The predicted octanol–water partition coefficient (Wildman–Crippen LogP) is 1.73. The van der Waals surface area contributed by atoms with Gasteiger partial charge in [-0.25, -0.2) is 0 Å². The van der Waals surface area contributed by atoms with Crippen LogP contribution in [-0.2, 0) is 0 Å². The Hall–Kier alpha value is -0.0400. The van der Waals surface area contributed by atoms with E-state index in [4.69, 9.17) is 5.73 Å². The Morgan fingerprint density at radius 2 is 2.44 bits per heavy atom. The molecule has 1 atom stereocenters. The predicted molar refractivity (Wildman–Crippen MR) is 39.9 cm³/mol. The molecule has 0 heterocycles. The molecular formula is C8H16N. The maximum Gasteiger partial charge on any atom is -0.00146 e. The van der Waals surface area contributed by atoms with E-state index in [9.17, 15) is 0 Å². The summed E-state index contributed by atoms with van der Waals surface area (Å²) >= 11 is 0. The van der Waals surface area contributed by atoms with Crippen molar-refractivity contribution in [1.29, 1.82) is 0 Å². The molecule has 1 radical (unpaired) electrons. The van der Waals surface area contributed by atoms with Crippen molar-refractivity contribution in [3.63, 3.8) is 0 Å². The molecule has 1 fully saturated rings. The molecule has 53 valence electrons. The molecule has 9 heavy (non-hydrogen) atoms. The van der Waals surface area contributed by atoms with Crippen LogP contribution in [0.3, 0.4) is 0 Å². The van der Waals surface area contributed by atoms with Crippen molar-refractivity contribution >= 4 is 0 Å². The van der Waals surface area contributed by atoms with Gasteiger partial charge in [-0.05, 0) is 31.2 Å². The van der Waals surface area contributed by atoms with Gasteiger partial charge in [0.15, 0.2) is 0 Å². The lowest BCUT2D eigenvalue weighted by molar-refractivity contribution is 0.406. The molecule has 1 nitrogen and oxygen atoms in total. The second-order valence-corrected chi connectivity index (χ2v) is 3.16. The number of hydrogen-bond acceptors (Lipinski definition) is 1. The quantitative estimate of drug-likeness (QED) is 0.569. The second kappa shape index (κ2) is 3.21. The van der Waals surface area contributed by atoms with Crippen LogP contribution in [-0.4, -0.2) is 6.54 Å². The molecular weight excluding hydrogens is 110 g/mol. The Balaban J connectivity index is 2.23. The average molecular weight is 126 g/mol. The van der Waals surface area contributed by atoms with E-state index >= 15 is 0 Å². The van der Waals surface area contributed by atoms with Gasteiger partial charge in [0, 0.05) is 0 Å². The summed E-state index contributed by atoms with van der Waals surface area (Å²) in [5, 5.41) is 0. The second-order valence-electron chi connectivity index (χ2n) is 3.16. The first-order valence-corrected chi connectivity index (χ1v) is 3.86. The highest BCUT2D eigenvalue weighted by Crippen LogP contribution is 2.28. The fourth-order valence-electron chi connectivity index (χ4n) is 1.58. The first kappa shape index (κ1) is 7.07. The lowest BCUT2D eigenvalue weighted by Gasteiger charge is -2.24. The van der Waals surface area contributed by atoms with Crippen LogP contribution in [0.4, 0.5) is 0 Å². The summed E-state index contributed by atoms with van der Waals surface area (Å²) in [5.41, 5.74) is 5.53. The lowest BCUT2D eigenvalue weighted by Crippen LogP contribution is -2.19. The van der Waals surface area contributed by atoms with Crippen molar-refractivity contribution in [2.45, 2.75) is 32.6 Å². The van der Waals surface area contributed by atoms with E-state index in [1.54, 1.807) is 5.92 Å². The maximum absolute atomic E-state index is 5.53. The molecule has 0 aromatic rings. The molecule has 1 heteroatoms. The SMILES string of the molecule is C[C@H]1CCC[C](CN)C1. The third-order valence-electron chi connectivity index (χ3n) is 2.15. The summed E-state index contributed by atoms with van der Waals surface area (Å²) in [7, 11) is 0. The van der Waals surface area contributed by atoms with E-state index in [0.717, 1.165) is 12.5 Å². The van der Waals surface area contributed by atoms with Gasteiger partial charge in [0.1, 0.15) is 0 Å². The molecule has 0 saturated heterocycles. The third-order valence-corrected chi connectivity index (χ3v) is 2.15. The van der Waals surface area contributed by atoms with E-state index in [2.05, 4.69) is 6.92 Å². The molecule has 1 rings (SSSR count). The Morgan fingerprint density at radius 1 is 1.67 bits per heavy atom. The molecule has 1 saturated carbocycles. The summed E-state index contributed by atoms with van der Waals surface area (Å²) in [6.07, 6.45) is 5.36. The summed E-state index contributed by atoms with van der Waals surface area (Å²) < 4.78 is 0. The van der Waals surface area contributed by atoms with Crippen LogP contribution in [0.15, 0.2) is 0 Å². The normalized spacial score (nSPS) is 30.7. The highest BCUT2D eigenvalue weighted by atomic mass is 14.5. The van der Waals surface area contributed by atoms with Gasteiger partial charge in [-0.1, -0.05) is 19.8 Å². The van der Waals surface area contributed by atoms with Gasteiger partial charge in [0.2, 0.25) is 0 Å². The Labute approximate surface area is 57.6 Å². The van der Waals surface area contributed by atoms with Crippen molar-refractivity contribution in [3.05, 3.63) is 5.92 Å². The fraction of sp³-hybridized carbons (Fsp3) is 0.875. The zero-order chi connectivity index (χ0) is 6.69. The molecule has 1 aliphatic carbocycles. The van der Waals surface area contributed by atoms with Crippen LogP contribution >= 0.6 is 0 Å². The number of hydrogen-bond donors (Lipinski definition) is 1. The number of rotatable bonds is 1. The molecule has 0 amide bonds. The largest absolute Gasteiger partial charge is 0.330 e. The molecule has 0 aliphatic heterocycles. The minimum Gasteiger partial charge on any atom is -0.330 e. The first-order chi connectivity index (χ1) is 4.33. The number of nitrogens with two attached hydrogens (primary N) is 1. The minimum absolute atomic E-state index is 0.824. The highest BCUT2D eigenvalue weighted by molar-refractivity contribution is 4.95. The van der Waals surface area contributed by atoms with Gasteiger partial charge in [-0.2, -0.15) is 0 Å².